The van der Waals surface area contributed by atoms with E-state index < -0.39 is 0 Å². The molecule has 1 fully saturated rings. The number of aromatic nitrogens is 2. The van der Waals surface area contributed by atoms with Crippen molar-refractivity contribution in [3.05, 3.63) is 30.6 Å². The number of nitrogens with zero attached hydrogens (tertiary/aromatic N) is 4. The Balaban J connectivity index is 2.19. The molecule has 21 heavy (non-hydrogen) atoms. The van der Waals surface area contributed by atoms with Gasteiger partial charge in [-0.25, -0.2) is 0 Å². The van der Waals surface area contributed by atoms with Crippen LogP contribution >= 0.6 is 0 Å². The fraction of sp³-hybridized carbons (Fsp3) is 0.625. The number of hydrogen-bond donors (Lipinski definition) is 0. The number of carbonyl (C=O) groups is 1. The normalized spacial score (nSPS) is 23.0. The van der Waals surface area contributed by atoms with Gasteiger partial charge in [0.1, 0.15) is 0 Å². The maximum atomic E-state index is 11.8. The zero-order chi connectivity index (χ0) is 15.4. The summed E-state index contributed by atoms with van der Waals surface area (Å²) in [6, 6.07) is 0.345. The molecule has 0 saturated carbocycles. The highest BCUT2D eigenvalue weighted by atomic mass is 16.2. The molecule has 0 aliphatic carbocycles. The summed E-state index contributed by atoms with van der Waals surface area (Å²) in [7, 11) is 3.81. The van der Waals surface area contributed by atoms with Gasteiger partial charge < -0.3 is 4.90 Å². The number of hydrogen-bond acceptors (Lipinski definition) is 3. The van der Waals surface area contributed by atoms with Gasteiger partial charge in [-0.1, -0.05) is 13.5 Å². The first kappa shape index (κ1) is 15.8. The molecule has 116 valence electrons. The monoisotopic (exact) mass is 290 g/mol. The summed E-state index contributed by atoms with van der Waals surface area (Å²) in [5.74, 6) is 0.436. The van der Waals surface area contributed by atoms with Crippen molar-refractivity contribution in [1.29, 1.82) is 0 Å². The molecule has 5 heteroatoms. The van der Waals surface area contributed by atoms with Gasteiger partial charge in [-0.3, -0.25) is 14.4 Å². The molecule has 1 aromatic rings. The van der Waals surface area contributed by atoms with Crippen molar-refractivity contribution in [2.24, 2.45) is 13.0 Å². The molecule has 1 saturated heterocycles. The third-order valence-electron chi connectivity index (χ3n) is 4.39. The van der Waals surface area contributed by atoms with Gasteiger partial charge in [0, 0.05) is 38.4 Å². The summed E-state index contributed by atoms with van der Waals surface area (Å²) < 4.78 is 1.85. The van der Waals surface area contributed by atoms with Crippen LogP contribution in [0, 0.1) is 5.92 Å². The second kappa shape index (κ2) is 6.89. The lowest BCUT2D eigenvalue weighted by Gasteiger charge is -2.41. The van der Waals surface area contributed by atoms with Gasteiger partial charge in [-0.05, 0) is 37.9 Å². The van der Waals surface area contributed by atoms with E-state index in [4.69, 9.17) is 0 Å². The minimum Gasteiger partial charge on any atom is -0.342 e. The Morgan fingerprint density at radius 3 is 2.95 bits per heavy atom. The van der Waals surface area contributed by atoms with Crippen molar-refractivity contribution in [1.82, 2.24) is 19.6 Å². The maximum Gasteiger partial charge on any atom is 0.245 e. The fourth-order valence-corrected chi connectivity index (χ4v) is 3.37. The van der Waals surface area contributed by atoms with Crippen molar-refractivity contribution in [3.8, 4) is 0 Å². The second-order valence-corrected chi connectivity index (χ2v) is 5.85. The number of rotatable bonds is 5. The number of likely N-dealkylation sites (N-methyl/N-ethyl adjacent to an activating group) is 1. The number of piperidine rings is 1. The molecule has 0 N–H and O–H groups in total. The molecular weight excluding hydrogens is 264 g/mol. The molecule has 2 heterocycles. The lowest BCUT2D eigenvalue weighted by atomic mass is 9.85. The van der Waals surface area contributed by atoms with Crippen LogP contribution in [0.1, 0.15) is 31.4 Å². The van der Waals surface area contributed by atoms with Crippen molar-refractivity contribution in [2.75, 3.05) is 26.7 Å². The SMILES string of the molecule is C=CC(=O)N(C)CC1CCCN(CC)C1c1cnn(C)c1. The number of aryl methyl sites for hydroxylation is 1. The highest BCUT2D eigenvalue weighted by Crippen LogP contribution is 2.36. The van der Waals surface area contributed by atoms with Crippen LogP contribution < -0.4 is 0 Å². The summed E-state index contributed by atoms with van der Waals surface area (Å²) in [5, 5.41) is 4.32. The van der Waals surface area contributed by atoms with Gasteiger partial charge in [0.05, 0.1) is 6.20 Å². The van der Waals surface area contributed by atoms with Gasteiger partial charge in [-0.15, -0.1) is 0 Å². The van der Waals surface area contributed by atoms with E-state index in [1.165, 1.54) is 18.1 Å². The van der Waals surface area contributed by atoms with Crippen LogP contribution in [0.15, 0.2) is 25.0 Å². The van der Waals surface area contributed by atoms with Crippen molar-refractivity contribution >= 4 is 5.91 Å². The van der Waals surface area contributed by atoms with E-state index in [2.05, 4.69) is 29.7 Å². The number of likely N-dealkylation sites (tertiary alicyclic amines) is 1. The highest BCUT2D eigenvalue weighted by molar-refractivity contribution is 5.86. The predicted octanol–water partition coefficient (Wildman–Crippen LogP) is 1.84. The molecule has 2 atom stereocenters. The Morgan fingerprint density at radius 1 is 1.62 bits per heavy atom. The van der Waals surface area contributed by atoms with Crippen LogP contribution in [0.4, 0.5) is 0 Å². The molecule has 0 spiro atoms. The van der Waals surface area contributed by atoms with E-state index in [-0.39, 0.29) is 5.91 Å². The number of carbonyl (C=O) groups excluding carboxylic acids is 1. The van der Waals surface area contributed by atoms with E-state index in [0.29, 0.717) is 12.0 Å². The smallest absolute Gasteiger partial charge is 0.245 e. The van der Waals surface area contributed by atoms with Gasteiger partial charge >= 0.3 is 0 Å². The topological polar surface area (TPSA) is 41.4 Å². The zero-order valence-electron chi connectivity index (χ0n) is 13.3. The molecule has 1 aliphatic rings. The molecular formula is C16H26N4O. The first-order valence-corrected chi connectivity index (χ1v) is 7.67. The van der Waals surface area contributed by atoms with Crippen LogP contribution in [-0.4, -0.2) is 52.2 Å². The first-order chi connectivity index (χ1) is 10.1. The summed E-state index contributed by atoms with van der Waals surface area (Å²) in [6.07, 6.45) is 7.78. The van der Waals surface area contributed by atoms with Gasteiger partial charge in [0.25, 0.3) is 0 Å². The number of amides is 1. The average molecular weight is 290 g/mol. The molecule has 2 rings (SSSR count). The molecule has 2 unspecified atom stereocenters. The van der Waals surface area contributed by atoms with E-state index in [9.17, 15) is 4.79 Å². The Labute approximate surface area is 127 Å². The zero-order valence-corrected chi connectivity index (χ0v) is 13.3. The minimum absolute atomic E-state index is 0.00596. The third-order valence-corrected chi connectivity index (χ3v) is 4.39. The average Bonchev–Trinajstić information content (AvgIpc) is 2.92. The van der Waals surface area contributed by atoms with Crippen LogP contribution in [0.5, 0.6) is 0 Å². The molecule has 1 amide bonds. The van der Waals surface area contributed by atoms with Crippen molar-refractivity contribution in [2.45, 2.75) is 25.8 Å². The molecule has 0 radical (unpaired) electrons. The lowest BCUT2D eigenvalue weighted by Crippen LogP contribution is -2.43. The van der Waals surface area contributed by atoms with Crippen LogP contribution in [-0.2, 0) is 11.8 Å². The van der Waals surface area contributed by atoms with Gasteiger partial charge in [0.15, 0.2) is 0 Å². The van der Waals surface area contributed by atoms with Crippen LogP contribution in [0.3, 0.4) is 0 Å². The first-order valence-electron chi connectivity index (χ1n) is 7.67. The quantitative estimate of drug-likeness (QED) is 0.777. The Kier molecular flexibility index (Phi) is 5.17. The highest BCUT2D eigenvalue weighted by Gasteiger charge is 2.33. The summed E-state index contributed by atoms with van der Waals surface area (Å²) >= 11 is 0. The molecule has 1 aliphatic heterocycles. The van der Waals surface area contributed by atoms with Crippen molar-refractivity contribution < 1.29 is 4.79 Å². The Morgan fingerprint density at radius 2 is 2.38 bits per heavy atom. The molecule has 1 aromatic heterocycles. The summed E-state index contributed by atoms with van der Waals surface area (Å²) in [6.45, 7) is 8.67. The molecule has 5 nitrogen and oxygen atoms in total. The van der Waals surface area contributed by atoms with Crippen molar-refractivity contribution in [3.63, 3.8) is 0 Å². The van der Waals surface area contributed by atoms with Crippen LogP contribution in [0.25, 0.3) is 0 Å². The molecule has 0 aromatic carbocycles. The Bertz CT molecular complexity index is 496. The fourth-order valence-electron chi connectivity index (χ4n) is 3.37. The minimum atomic E-state index is -0.00596. The third kappa shape index (κ3) is 3.53. The largest absolute Gasteiger partial charge is 0.342 e. The summed E-state index contributed by atoms with van der Waals surface area (Å²) in [4.78, 5) is 16.0. The molecule has 0 bridgehead atoms. The van der Waals surface area contributed by atoms with Crippen LogP contribution in [0.2, 0.25) is 0 Å². The van der Waals surface area contributed by atoms with Gasteiger partial charge in [-0.2, -0.15) is 5.10 Å². The Hall–Kier alpha value is -1.62. The van der Waals surface area contributed by atoms with E-state index in [0.717, 1.165) is 26.1 Å². The lowest BCUT2D eigenvalue weighted by molar-refractivity contribution is -0.125. The van der Waals surface area contributed by atoms with E-state index >= 15 is 0 Å². The van der Waals surface area contributed by atoms with E-state index in [1.807, 2.05) is 25.0 Å². The standard InChI is InChI=1S/C16H26N4O/c1-5-15(21)18(3)11-13-8-7-9-20(6-2)16(13)14-10-17-19(4)12-14/h5,10,12-13,16H,1,6-9,11H2,2-4H3. The maximum absolute atomic E-state index is 11.8. The van der Waals surface area contributed by atoms with E-state index in [1.54, 1.807) is 4.90 Å². The second-order valence-electron chi connectivity index (χ2n) is 5.85. The van der Waals surface area contributed by atoms with Gasteiger partial charge in [0.2, 0.25) is 5.91 Å². The summed E-state index contributed by atoms with van der Waals surface area (Å²) in [5.41, 5.74) is 1.25. The predicted molar refractivity (Wildman–Crippen MR) is 83.8 cm³/mol.